The third kappa shape index (κ3) is 5.60. The highest BCUT2D eigenvalue weighted by molar-refractivity contribution is 5.90. The predicted molar refractivity (Wildman–Crippen MR) is 106 cm³/mol. The number of rotatable bonds is 6. The molecule has 0 spiro atoms. The number of hydrogen-bond donors (Lipinski definition) is 1. The summed E-state index contributed by atoms with van der Waals surface area (Å²) in [5, 5.41) is 7.66. The molecule has 0 fully saturated rings. The highest BCUT2D eigenvalue weighted by Gasteiger charge is 2.07. The van der Waals surface area contributed by atoms with Crippen LogP contribution in [0.5, 0.6) is 0 Å². The van der Waals surface area contributed by atoms with Crippen LogP contribution in [0, 0.1) is 6.92 Å². The van der Waals surface area contributed by atoms with Crippen LogP contribution in [-0.2, 0) is 16.1 Å². The van der Waals surface area contributed by atoms with E-state index < -0.39 is 5.97 Å². The number of benzene rings is 3. The van der Waals surface area contributed by atoms with E-state index in [2.05, 4.69) is 15.7 Å². The SMILES string of the molecule is Cc1cccc(C(=O)ONc2ccc(N=NC(=O)Cc3ccccc3)cc2)c1. The van der Waals surface area contributed by atoms with Crippen molar-refractivity contribution >= 4 is 23.3 Å². The van der Waals surface area contributed by atoms with Gasteiger partial charge in [-0.1, -0.05) is 48.0 Å². The summed E-state index contributed by atoms with van der Waals surface area (Å²) in [4.78, 5) is 28.9. The second kappa shape index (κ2) is 9.23. The van der Waals surface area contributed by atoms with E-state index in [1.165, 1.54) is 0 Å². The maximum absolute atomic E-state index is 12.0. The van der Waals surface area contributed by atoms with E-state index in [-0.39, 0.29) is 12.3 Å². The van der Waals surface area contributed by atoms with Crippen LogP contribution in [0.2, 0.25) is 0 Å². The van der Waals surface area contributed by atoms with E-state index >= 15 is 0 Å². The molecule has 0 aromatic heterocycles. The molecule has 0 unspecified atom stereocenters. The van der Waals surface area contributed by atoms with Gasteiger partial charge in [0, 0.05) is 0 Å². The minimum atomic E-state index is -0.473. The van der Waals surface area contributed by atoms with Crippen LogP contribution in [-0.4, -0.2) is 11.9 Å². The quantitative estimate of drug-likeness (QED) is 0.485. The highest BCUT2D eigenvalue weighted by atomic mass is 16.7. The van der Waals surface area contributed by atoms with E-state index in [0.29, 0.717) is 16.9 Å². The van der Waals surface area contributed by atoms with E-state index in [1.807, 2.05) is 43.3 Å². The fourth-order valence-corrected chi connectivity index (χ4v) is 2.45. The maximum atomic E-state index is 12.0. The molecule has 0 heterocycles. The number of azo groups is 1. The van der Waals surface area contributed by atoms with Gasteiger partial charge in [0.2, 0.25) is 0 Å². The normalized spacial score (nSPS) is 10.6. The molecule has 3 rings (SSSR count). The van der Waals surface area contributed by atoms with Gasteiger partial charge in [0.15, 0.2) is 0 Å². The van der Waals surface area contributed by atoms with Gasteiger partial charge >= 0.3 is 5.97 Å². The maximum Gasteiger partial charge on any atom is 0.362 e. The zero-order chi connectivity index (χ0) is 19.8. The topological polar surface area (TPSA) is 80.1 Å². The first-order valence-corrected chi connectivity index (χ1v) is 8.72. The fourth-order valence-electron chi connectivity index (χ4n) is 2.45. The van der Waals surface area contributed by atoms with Crippen molar-refractivity contribution < 1.29 is 14.4 Å². The van der Waals surface area contributed by atoms with Crippen molar-refractivity contribution in [2.24, 2.45) is 10.2 Å². The predicted octanol–water partition coefficient (Wildman–Crippen LogP) is 5.03. The zero-order valence-electron chi connectivity index (χ0n) is 15.3. The number of nitrogens with one attached hydrogen (secondary N) is 1. The van der Waals surface area contributed by atoms with Crippen molar-refractivity contribution in [3.05, 3.63) is 95.6 Å². The van der Waals surface area contributed by atoms with Crippen molar-refractivity contribution in [1.82, 2.24) is 0 Å². The van der Waals surface area contributed by atoms with Crippen molar-refractivity contribution in [1.29, 1.82) is 0 Å². The number of hydrogen-bond acceptors (Lipinski definition) is 5. The first-order valence-electron chi connectivity index (χ1n) is 8.72. The molecule has 1 amide bonds. The Bertz CT molecular complexity index is 983. The van der Waals surface area contributed by atoms with Gasteiger partial charge < -0.3 is 4.84 Å². The monoisotopic (exact) mass is 373 g/mol. The third-order valence-electron chi connectivity index (χ3n) is 3.86. The first kappa shape index (κ1) is 19.0. The molecule has 0 atom stereocenters. The lowest BCUT2D eigenvalue weighted by Gasteiger charge is -2.07. The van der Waals surface area contributed by atoms with Gasteiger partial charge in [-0.25, -0.2) is 10.3 Å². The lowest BCUT2D eigenvalue weighted by molar-refractivity contribution is -0.117. The molecular formula is C22H19N3O3. The summed E-state index contributed by atoms with van der Waals surface area (Å²) < 4.78 is 0. The van der Waals surface area contributed by atoms with Crippen LogP contribution < -0.4 is 5.48 Å². The van der Waals surface area contributed by atoms with Gasteiger partial charge in [-0.15, -0.1) is 10.2 Å². The summed E-state index contributed by atoms with van der Waals surface area (Å²) in [5.41, 5.74) is 6.04. The largest absolute Gasteiger partial charge is 0.362 e. The zero-order valence-corrected chi connectivity index (χ0v) is 15.3. The summed E-state index contributed by atoms with van der Waals surface area (Å²) in [6.45, 7) is 1.90. The third-order valence-corrected chi connectivity index (χ3v) is 3.86. The first-order chi connectivity index (χ1) is 13.6. The Balaban J connectivity index is 1.52. The number of nitrogens with zero attached hydrogens (tertiary/aromatic N) is 2. The summed E-state index contributed by atoms with van der Waals surface area (Å²) in [6, 6.07) is 23.2. The lowest BCUT2D eigenvalue weighted by Crippen LogP contribution is -2.10. The van der Waals surface area contributed by atoms with E-state index in [1.54, 1.807) is 42.5 Å². The van der Waals surface area contributed by atoms with Gasteiger partial charge in [-0.2, -0.15) is 0 Å². The van der Waals surface area contributed by atoms with Crippen LogP contribution in [0.25, 0.3) is 0 Å². The van der Waals surface area contributed by atoms with E-state index in [4.69, 9.17) is 4.84 Å². The molecule has 0 aliphatic carbocycles. The van der Waals surface area contributed by atoms with Gasteiger partial charge in [0.05, 0.1) is 23.4 Å². The fraction of sp³-hybridized carbons (Fsp3) is 0.0909. The number of aryl methyl sites for hydroxylation is 1. The Labute approximate surface area is 162 Å². The summed E-state index contributed by atoms with van der Waals surface area (Å²) >= 11 is 0. The van der Waals surface area contributed by atoms with Gasteiger partial charge in [-0.05, 0) is 48.9 Å². The number of carbonyl (C=O) groups is 2. The smallest absolute Gasteiger partial charge is 0.338 e. The minimum absolute atomic E-state index is 0.207. The molecule has 0 aliphatic heterocycles. The Morgan fingerprint density at radius 3 is 2.39 bits per heavy atom. The molecule has 140 valence electrons. The summed E-state index contributed by atoms with van der Waals surface area (Å²) in [5.74, 6) is -0.792. The highest BCUT2D eigenvalue weighted by Crippen LogP contribution is 2.17. The molecule has 3 aromatic rings. The molecular weight excluding hydrogens is 354 g/mol. The molecule has 6 heteroatoms. The molecule has 6 nitrogen and oxygen atoms in total. The van der Waals surface area contributed by atoms with Crippen molar-refractivity contribution in [2.45, 2.75) is 13.3 Å². The molecule has 1 N–H and O–H groups in total. The second-order valence-corrected chi connectivity index (χ2v) is 6.16. The molecule has 0 radical (unpaired) electrons. The van der Waals surface area contributed by atoms with Gasteiger partial charge in [0.1, 0.15) is 0 Å². The van der Waals surface area contributed by atoms with Crippen LogP contribution in [0.4, 0.5) is 11.4 Å². The number of amides is 1. The average Bonchev–Trinajstić information content (AvgIpc) is 2.72. The minimum Gasteiger partial charge on any atom is -0.338 e. The van der Waals surface area contributed by atoms with Crippen LogP contribution in [0.3, 0.4) is 0 Å². The van der Waals surface area contributed by atoms with Crippen LogP contribution in [0.15, 0.2) is 89.1 Å². The molecule has 0 bridgehead atoms. The Kier molecular flexibility index (Phi) is 6.25. The Hall–Kier alpha value is -3.80. The van der Waals surface area contributed by atoms with Gasteiger partial charge in [-0.3, -0.25) is 4.79 Å². The molecule has 28 heavy (non-hydrogen) atoms. The second-order valence-electron chi connectivity index (χ2n) is 6.16. The molecule has 0 saturated carbocycles. The molecule has 0 saturated heterocycles. The summed E-state index contributed by atoms with van der Waals surface area (Å²) in [6.07, 6.45) is 0.207. The lowest BCUT2D eigenvalue weighted by atomic mass is 10.1. The van der Waals surface area contributed by atoms with E-state index in [9.17, 15) is 9.59 Å². The standard InChI is InChI=1S/C22H19N3O3/c1-16-6-5-9-18(14-16)22(27)28-25-20-12-10-19(11-13-20)23-24-21(26)15-17-7-3-2-4-8-17/h2-14,25H,15H2,1H3. The van der Waals surface area contributed by atoms with Crippen molar-refractivity contribution in [3.8, 4) is 0 Å². The molecule has 0 aliphatic rings. The summed E-state index contributed by atoms with van der Waals surface area (Å²) in [7, 11) is 0. The van der Waals surface area contributed by atoms with Crippen LogP contribution >= 0.6 is 0 Å². The van der Waals surface area contributed by atoms with E-state index in [0.717, 1.165) is 11.1 Å². The Morgan fingerprint density at radius 1 is 0.929 bits per heavy atom. The van der Waals surface area contributed by atoms with Crippen molar-refractivity contribution in [2.75, 3.05) is 5.48 Å². The number of anilines is 1. The van der Waals surface area contributed by atoms with Gasteiger partial charge in [0.25, 0.3) is 5.91 Å². The molecule has 3 aromatic carbocycles. The number of carbonyl (C=O) groups excluding carboxylic acids is 2. The Morgan fingerprint density at radius 2 is 1.68 bits per heavy atom. The van der Waals surface area contributed by atoms with Crippen molar-refractivity contribution in [3.63, 3.8) is 0 Å². The van der Waals surface area contributed by atoms with Crippen LogP contribution in [0.1, 0.15) is 21.5 Å². The average molecular weight is 373 g/mol.